The molecule has 4 atom stereocenters. The van der Waals surface area contributed by atoms with Crippen molar-refractivity contribution in [1.29, 1.82) is 0 Å². The first-order chi connectivity index (χ1) is 17.6. The molecular formula is C30H32N2O3S. The summed E-state index contributed by atoms with van der Waals surface area (Å²) in [4.78, 5) is 20.9. The lowest BCUT2D eigenvalue weighted by molar-refractivity contribution is 0.106. The van der Waals surface area contributed by atoms with E-state index in [-0.39, 0.29) is 11.0 Å². The van der Waals surface area contributed by atoms with Gasteiger partial charge < -0.3 is 9.15 Å². The van der Waals surface area contributed by atoms with E-state index < -0.39 is 0 Å². The fourth-order valence-corrected chi connectivity index (χ4v) is 9.08. The van der Waals surface area contributed by atoms with E-state index in [9.17, 15) is 4.79 Å². The van der Waals surface area contributed by atoms with E-state index >= 15 is 0 Å². The lowest BCUT2D eigenvalue weighted by Gasteiger charge is -2.49. The molecule has 36 heavy (non-hydrogen) atoms. The van der Waals surface area contributed by atoms with Crippen molar-refractivity contribution in [1.82, 2.24) is 9.55 Å². The highest BCUT2D eigenvalue weighted by molar-refractivity contribution is 7.18. The fourth-order valence-electron chi connectivity index (χ4n) is 7.75. The first-order valence-corrected chi connectivity index (χ1v) is 14.1. The molecule has 4 aromatic rings. The van der Waals surface area contributed by atoms with Gasteiger partial charge in [0.25, 0.3) is 5.56 Å². The number of aryl methyl sites for hydroxylation is 3. The van der Waals surface area contributed by atoms with Crippen LogP contribution in [-0.2, 0) is 31.2 Å². The number of ether oxygens (including phenoxy) is 1. The quantitative estimate of drug-likeness (QED) is 0.324. The molecule has 1 aromatic carbocycles. The van der Waals surface area contributed by atoms with Gasteiger partial charge in [0.15, 0.2) is 0 Å². The first-order valence-electron chi connectivity index (χ1n) is 13.3. The Morgan fingerprint density at radius 2 is 2.19 bits per heavy atom. The molecule has 0 amide bonds. The number of nitrogens with zero attached hydrogens (tertiary/aromatic N) is 2. The summed E-state index contributed by atoms with van der Waals surface area (Å²) in [6.45, 7) is 3.11. The van der Waals surface area contributed by atoms with Gasteiger partial charge in [0.05, 0.1) is 25.1 Å². The second-order valence-corrected chi connectivity index (χ2v) is 12.2. The standard InChI is InChI=1S/C30H32N2O3S/c1-30-12-11-22-21-10-8-20(34-2)15-18(21)7-9-23(22)24(30)16-25-27(30)26-28(36-25)31-17-32(29(26)33)13-3-5-19-6-4-14-35-19/h4,6,8,10,14-15,17,22-24H,3,5,7,9,11-13,16H2,1-2H3/t22-,23+,24+,30+/m0/s1. The van der Waals surface area contributed by atoms with Crippen molar-refractivity contribution in [2.45, 2.75) is 69.7 Å². The Morgan fingerprint density at radius 1 is 1.28 bits per heavy atom. The summed E-state index contributed by atoms with van der Waals surface area (Å²) in [5.41, 5.74) is 4.55. The number of rotatable bonds is 5. The zero-order chi connectivity index (χ0) is 24.4. The average Bonchev–Trinajstić information content (AvgIpc) is 3.60. The van der Waals surface area contributed by atoms with Gasteiger partial charge in [-0.05, 0) is 103 Å². The van der Waals surface area contributed by atoms with E-state index in [2.05, 4.69) is 25.1 Å². The van der Waals surface area contributed by atoms with Crippen molar-refractivity contribution < 1.29 is 9.15 Å². The Bertz CT molecular complexity index is 1500. The van der Waals surface area contributed by atoms with Crippen LogP contribution in [0.3, 0.4) is 0 Å². The lowest BCUT2D eigenvalue weighted by atomic mass is 9.55. The number of aromatic nitrogens is 2. The van der Waals surface area contributed by atoms with E-state index in [4.69, 9.17) is 14.1 Å². The largest absolute Gasteiger partial charge is 0.497 e. The van der Waals surface area contributed by atoms with Crippen LogP contribution in [0.25, 0.3) is 10.2 Å². The highest BCUT2D eigenvalue weighted by Crippen LogP contribution is 2.62. The minimum atomic E-state index is 0.0624. The molecule has 6 heteroatoms. The number of benzene rings is 1. The van der Waals surface area contributed by atoms with Gasteiger partial charge in [-0.2, -0.15) is 0 Å². The molecule has 3 aromatic heterocycles. The van der Waals surface area contributed by atoms with E-state index in [0.29, 0.717) is 24.3 Å². The molecule has 0 N–H and O–H groups in total. The molecule has 0 radical (unpaired) electrons. The Balaban J connectivity index is 1.21. The van der Waals surface area contributed by atoms with Gasteiger partial charge >= 0.3 is 0 Å². The van der Waals surface area contributed by atoms with E-state index in [1.807, 2.05) is 16.7 Å². The van der Waals surface area contributed by atoms with Gasteiger partial charge in [-0.25, -0.2) is 4.98 Å². The van der Waals surface area contributed by atoms with Crippen LogP contribution in [0.2, 0.25) is 0 Å². The second-order valence-electron chi connectivity index (χ2n) is 11.1. The highest BCUT2D eigenvalue weighted by Gasteiger charge is 2.54. The van der Waals surface area contributed by atoms with Crippen LogP contribution >= 0.6 is 11.3 Å². The Morgan fingerprint density at radius 3 is 3.03 bits per heavy atom. The third kappa shape index (κ3) is 3.26. The molecule has 1 saturated carbocycles. The van der Waals surface area contributed by atoms with Crippen LogP contribution in [0.15, 0.2) is 52.1 Å². The monoisotopic (exact) mass is 500 g/mol. The number of hydrogen-bond acceptors (Lipinski definition) is 5. The topological polar surface area (TPSA) is 57.3 Å². The van der Waals surface area contributed by atoms with Gasteiger partial charge in [0.1, 0.15) is 16.3 Å². The zero-order valence-corrected chi connectivity index (χ0v) is 21.8. The third-order valence-corrected chi connectivity index (χ3v) is 10.6. The van der Waals surface area contributed by atoms with Crippen molar-refractivity contribution in [3.63, 3.8) is 0 Å². The third-order valence-electron chi connectivity index (χ3n) is 9.45. The van der Waals surface area contributed by atoms with E-state index in [1.165, 1.54) is 34.4 Å². The molecule has 0 spiro atoms. The van der Waals surface area contributed by atoms with Gasteiger partial charge in [-0.3, -0.25) is 9.36 Å². The van der Waals surface area contributed by atoms with Crippen molar-refractivity contribution >= 4 is 21.6 Å². The normalized spacial score (nSPS) is 26.3. The fraction of sp³-hybridized carbons (Fsp3) is 0.467. The Labute approximate surface area is 215 Å². The molecule has 1 fully saturated rings. The summed E-state index contributed by atoms with van der Waals surface area (Å²) in [5.74, 6) is 3.83. The van der Waals surface area contributed by atoms with Crippen molar-refractivity contribution in [2.24, 2.45) is 11.8 Å². The van der Waals surface area contributed by atoms with E-state index in [1.54, 1.807) is 31.0 Å². The summed E-state index contributed by atoms with van der Waals surface area (Å²) >= 11 is 1.77. The molecule has 5 nitrogen and oxygen atoms in total. The van der Waals surface area contributed by atoms with Gasteiger partial charge in [0.2, 0.25) is 0 Å². The van der Waals surface area contributed by atoms with Crippen LogP contribution in [0.1, 0.15) is 65.9 Å². The smallest absolute Gasteiger partial charge is 0.262 e. The Hall–Kier alpha value is -2.86. The molecule has 0 saturated heterocycles. The Kier molecular flexibility index (Phi) is 5.18. The first kappa shape index (κ1) is 22.3. The van der Waals surface area contributed by atoms with Gasteiger partial charge in [0, 0.05) is 17.8 Å². The predicted molar refractivity (Wildman–Crippen MR) is 142 cm³/mol. The second kappa shape index (κ2) is 8.34. The van der Waals surface area contributed by atoms with Crippen molar-refractivity contribution in [3.05, 3.63) is 80.6 Å². The van der Waals surface area contributed by atoms with Gasteiger partial charge in [-0.15, -0.1) is 11.3 Å². The summed E-state index contributed by atoms with van der Waals surface area (Å²) < 4.78 is 12.8. The SMILES string of the molecule is COc1ccc2c(c1)CC[C@H]1[C@H]3Cc4sc5ncn(CCCc6ccco6)c(=O)c5c4[C@]3(C)CC[C@@H]21. The number of methoxy groups -OCH3 is 1. The summed E-state index contributed by atoms with van der Waals surface area (Å²) in [5, 5.41) is 0.903. The number of fused-ring (bicyclic) bond motifs is 9. The number of furan rings is 1. The minimum absolute atomic E-state index is 0.0624. The van der Waals surface area contributed by atoms with Crippen LogP contribution in [0, 0.1) is 11.8 Å². The summed E-state index contributed by atoms with van der Waals surface area (Å²) in [6.07, 6.45) is 10.9. The van der Waals surface area contributed by atoms with Crippen LogP contribution < -0.4 is 10.3 Å². The molecule has 7 rings (SSSR count). The maximum atomic E-state index is 13.8. The van der Waals surface area contributed by atoms with Crippen LogP contribution in [-0.4, -0.2) is 16.7 Å². The lowest BCUT2D eigenvalue weighted by Crippen LogP contribution is -2.43. The van der Waals surface area contributed by atoms with Gasteiger partial charge in [-0.1, -0.05) is 13.0 Å². The van der Waals surface area contributed by atoms with Crippen LogP contribution in [0.4, 0.5) is 0 Å². The molecule has 0 unspecified atom stereocenters. The van der Waals surface area contributed by atoms with E-state index in [0.717, 1.165) is 53.8 Å². The molecule has 3 aliphatic rings. The predicted octanol–water partition coefficient (Wildman–Crippen LogP) is 6.26. The maximum Gasteiger partial charge on any atom is 0.262 e. The molecular weight excluding hydrogens is 468 g/mol. The molecule has 3 heterocycles. The maximum absolute atomic E-state index is 13.8. The van der Waals surface area contributed by atoms with Crippen molar-refractivity contribution in [3.8, 4) is 5.75 Å². The van der Waals surface area contributed by atoms with Crippen molar-refractivity contribution in [2.75, 3.05) is 7.11 Å². The number of hydrogen-bond donors (Lipinski definition) is 0. The summed E-state index contributed by atoms with van der Waals surface area (Å²) in [7, 11) is 1.75. The zero-order valence-electron chi connectivity index (χ0n) is 21.0. The molecule has 186 valence electrons. The molecule has 0 aliphatic heterocycles. The minimum Gasteiger partial charge on any atom is -0.497 e. The summed E-state index contributed by atoms with van der Waals surface area (Å²) in [6, 6.07) is 10.6. The number of thiophene rings is 1. The molecule has 3 aliphatic carbocycles. The average molecular weight is 501 g/mol. The van der Waals surface area contributed by atoms with Crippen LogP contribution in [0.5, 0.6) is 5.75 Å². The molecule has 0 bridgehead atoms. The highest BCUT2D eigenvalue weighted by atomic mass is 32.1.